The molecule has 1 amide bonds. The molecule has 0 heterocycles. The van der Waals surface area contributed by atoms with Gasteiger partial charge in [-0.1, -0.05) is 13.0 Å². The van der Waals surface area contributed by atoms with Crippen molar-refractivity contribution < 1.29 is 14.3 Å². The van der Waals surface area contributed by atoms with Crippen LogP contribution in [0.25, 0.3) is 0 Å². The third kappa shape index (κ3) is 3.19. The molecule has 5 rings (SSSR count). The number of amides is 1. The van der Waals surface area contributed by atoms with Crippen molar-refractivity contribution in [1.82, 2.24) is 0 Å². The zero-order valence-electron chi connectivity index (χ0n) is 14.9. The lowest BCUT2D eigenvalue weighted by Gasteiger charge is -2.55. The molecule has 4 aliphatic carbocycles. The van der Waals surface area contributed by atoms with Gasteiger partial charge in [0.25, 0.3) is 0 Å². The Morgan fingerprint density at radius 2 is 1.76 bits per heavy atom. The highest BCUT2D eigenvalue weighted by atomic mass is 16.5. The molecule has 25 heavy (non-hydrogen) atoms. The van der Waals surface area contributed by atoms with Crippen molar-refractivity contribution in [3.63, 3.8) is 0 Å². The summed E-state index contributed by atoms with van der Waals surface area (Å²) < 4.78 is 5.19. The molecule has 1 N–H and O–H groups in total. The van der Waals surface area contributed by atoms with Crippen molar-refractivity contribution in [2.24, 2.45) is 23.2 Å². The largest absolute Gasteiger partial charge is 0.462 e. The smallest absolute Gasteiger partial charge is 0.338 e. The highest BCUT2D eigenvalue weighted by molar-refractivity contribution is 5.97. The van der Waals surface area contributed by atoms with E-state index < -0.39 is 0 Å². The number of nitrogens with one attached hydrogen (secondary N) is 1. The van der Waals surface area contributed by atoms with E-state index in [4.69, 9.17) is 4.74 Å². The number of hydrogen-bond donors (Lipinski definition) is 1. The predicted molar refractivity (Wildman–Crippen MR) is 96.3 cm³/mol. The van der Waals surface area contributed by atoms with E-state index in [0.717, 1.165) is 43.4 Å². The second-order valence-corrected chi connectivity index (χ2v) is 8.37. The Labute approximate surface area is 149 Å². The molecule has 4 fully saturated rings. The van der Waals surface area contributed by atoms with Crippen molar-refractivity contribution in [1.29, 1.82) is 0 Å². The van der Waals surface area contributed by atoms with Crippen molar-refractivity contribution in [3.8, 4) is 0 Å². The molecule has 0 atom stereocenters. The van der Waals surface area contributed by atoms with Crippen LogP contribution in [0.3, 0.4) is 0 Å². The van der Waals surface area contributed by atoms with Gasteiger partial charge in [0.05, 0.1) is 17.6 Å². The van der Waals surface area contributed by atoms with Gasteiger partial charge in [-0.3, -0.25) is 4.79 Å². The van der Waals surface area contributed by atoms with Gasteiger partial charge in [0.15, 0.2) is 0 Å². The third-order valence-corrected chi connectivity index (χ3v) is 6.31. The van der Waals surface area contributed by atoms with Crippen LogP contribution in [0.4, 0.5) is 5.69 Å². The number of anilines is 1. The van der Waals surface area contributed by atoms with Crippen molar-refractivity contribution >= 4 is 17.6 Å². The lowest BCUT2D eigenvalue weighted by atomic mass is 9.49. The molecule has 0 saturated heterocycles. The Bertz CT molecular complexity index is 646. The van der Waals surface area contributed by atoms with Gasteiger partial charge in [0.2, 0.25) is 5.91 Å². The molecule has 1 aromatic carbocycles. The Morgan fingerprint density at radius 1 is 1.12 bits per heavy atom. The van der Waals surface area contributed by atoms with Gasteiger partial charge in [0.1, 0.15) is 0 Å². The maximum Gasteiger partial charge on any atom is 0.338 e. The van der Waals surface area contributed by atoms with Crippen LogP contribution in [0.5, 0.6) is 0 Å². The summed E-state index contributed by atoms with van der Waals surface area (Å²) in [7, 11) is 0. The lowest BCUT2D eigenvalue weighted by molar-refractivity contribution is -0.140. The van der Waals surface area contributed by atoms with Crippen molar-refractivity contribution in [3.05, 3.63) is 29.8 Å². The molecule has 0 radical (unpaired) electrons. The maximum atomic E-state index is 13.1. The molecule has 134 valence electrons. The van der Waals surface area contributed by atoms with Gasteiger partial charge < -0.3 is 10.1 Å². The van der Waals surface area contributed by atoms with Crippen LogP contribution in [0.1, 0.15) is 62.2 Å². The fourth-order valence-corrected chi connectivity index (χ4v) is 5.65. The summed E-state index contributed by atoms with van der Waals surface area (Å²) in [5.74, 6) is 2.06. The highest BCUT2D eigenvalue weighted by Gasteiger charge is 2.54. The molecule has 0 aromatic heterocycles. The molecule has 0 unspecified atom stereocenters. The van der Waals surface area contributed by atoms with Gasteiger partial charge in [-0.25, -0.2) is 4.79 Å². The Morgan fingerprint density at radius 3 is 2.36 bits per heavy atom. The molecule has 4 aliphatic rings. The van der Waals surface area contributed by atoms with Crippen LogP contribution >= 0.6 is 0 Å². The fourth-order valence-electron chi connectivity index (χ4n) is 5.65. The van der Waals surface area contributed by atoms with Crippen molar-refractivity contribution in [2.45, 2.75) is 51.9 Å². The van der Waals surface area contributed by atoms with Gasteiger partial charge >= 0.3 is 5.97 Å². The molecule has 4 heteroatoms. The standard InChI is InChI=1S/C21H27NO3/c1-2-6-25-19(23)17-4-3-5-18(10-17)22-20(24)21-11-14-7-15(12-21)9-16(8-14)13-21/h3-5,10,14-16H,2,6-9,11-13H2,1H3,(H,22,24). The summed E-state index contributed by atoms with van der Waals surface area (Å²) >= 11 is 0. The quantitative estimate of drug-likeness (QED) is 0.807. The summed E-state index contributed by atoms with van der Waals surface area (Å²) in [4.78, 5) is 25.1. The van der Waals surface area contributed by atoms with E-state index in [1.54, 1.807) is 18.2 Å². The summed E-state index contributed by atoms with van der Waals surface area (Å²) in [6, 6.07) is 7.13. The number of rotatable bonds is 5. The zero-order valence-corrected chi connectivity index (χ0v) is 14.9. The molecule has 0 aliphatic heterocycles. The first-order chi connectivity index (χ1) is 12.1. The van der Waals surface area contributed by atoms with Crippen LogP contribution in [-0.4, -0.2) is 18.5 Å². The van der Waals surface area contributed by atoms with Crippen molar-refractivity contribution in [2.75, 3.05) is 11.9 Å². The summed E-state index contributed by atoms with van der Waals surface area (Å²) in [6.07, 6.45) is 7.91. The molecule has 4 bridgehead atoms. The molecule has 4 nitrogen and oxygen atoms in total. The first-order valence-corrected chi connectivity index (χ1v) is 9.66. The zero-order chi connectivity index (χ0) is 17.4. The highest BCUT2D eigenvalue weighted by Crippen LogP contribution is 2.60. The van der Waals surface area contributed by atoms with Gasteiger partial charge in [0, 0.05) is 5.69 Å². The first-order valence-electron chi connectivity index (χ1n) is 9.66. The first kappa shape index (κ1) is 16.6. The normalized spacial score (nSPS) is 32.4. The molecular formula is C21H27NO3. The SMILES string of the molecule is CCCOC(=O)c1cccc(NC(=O)C23CC4CC(CC(C4)C2)C3)c1. The predicted octanol–water partition coefficient (Wildman–Crippen LogP) is 4.41. The van der Waals surface area contributed by atoms with E-state index in [1.807, 2.05) is 13.0 Å². The summed E-state index contributed by atoms with van der Waals surface area (Å²) in [5.41, 5.74) is 1.02. The Hall–Kier alpha value is -1.84. The Kier molecular flexibility index (Phi) is 4.30. The van der Waals surface area contributed by atoms with Gasteiger partial charge in [-0.15, -0.1) is 0 Å². The number of carbonyl (C=O) groups excluding carboxylic acids is 2. The Balaban J connectivity index is 1.47. The number of ether oxygens (including phenoxy) is 1. The minimum absolute atomic E-state index is 0.158. The number of hydrogen-bond acceptors (Lipinski definition) is 3. The number of esters is 1. The van der Waals surface area contributed by atoms with Gasteiger partial charge in [-0.2, -0.15) is 0 Å². The fraction of sp³-hybridized carbons (Fsp3) is 0.619. The second kappa shape index (κ2) is 6.47. The van der Waals surface area contributed by atoms with E-state index >= 15 is 0 Å². The monoisotopic (exact) mass is 341 g/mol. The average molecular weight is 341 g/mol. The van der Waals surface area contributed by atoms with Crippen LogP contribution in [0.2, 0.25) is 0 Å². The molecule has 4 saturated carbocycles. The summed E-state index contributed by atoms with van der Waals surface area (Å²) in [6.45, 7) is 2.39. The van der Waals surface area contributed by atoms with Crippen LogP contribution in [-0.2, 0) is 9.53 Å². The molecular weight excluding hydrogens is 314 g/mol. The van der Waals surface area contributed by atoms with E-state index in [1.165, 1.54) is 19.3 Å². The summed E-state index contributed by atoms with van der Waals surface area (Å²) in [5, 5.41) is 3.10. The van der Waals surface area contributed by atoms with E-state index in [9.17, 15) is 9.59 Å². The minimum atomic E-state index is -0.326. The van der Waals surface area contributed by atoms with E-state index in [-0.39, 0.29) is 17.3 Å². The molecule has 1 aromatic rings. The van der Waals surface area contributed by atoms with Crippen LogP contribution < -0.4 is 5.32 Å². The minimum Gasteiger partial charge on any atom is -0.462 e. The van der Waals surface area contributed by atoms with Crippen LogP contribution in [0.15, 0.2) is 24.3 Å². The van der Waals surface area contributed by atoms with E-state index in [2.05, 4.69) is 5.32 Å². The maximum absolute atomic E-state index is 13.1. The number of benzene rings is 1. The second-order valence-electron chi connectivity index (χ2n) is 8.37. The third-order valence-electron chi connectivity index (χ3n) is 6.31. The van der Waals surface area contributed by atoms with E-state index in [0.29, 0.717) is 17.9 Å². The average Bonchev–Trinajstić information content (AvgIpc) is 2.58. The van der Waals surface area contributed by atoms with Crippen LogP contribution in [0, 0.1) is 23.2 Å². The topological polar surface area (TPSA) is 55.4 Å². The number of carbonyl (C=O) groups is 2. The lowest BCUT2D eigenvalue weighted by Crippen LogP contribution is -2.51. The molecule has 0 spiro atoms. The van der Waals surface area contributed by atoms with Gasteiger partial charge in [-0.05, 0) is 80.9 Å².